The van der Waals surface area contributed by atoms with E-state index in [1.807, 2.05) is 66.7 Å². The molecule has 1 heterocycles. The van der Waals surface area contributed by atoms with Crippen LogP contribution >= 0.6 is 0 Å². The molecule has 0 spiro atoms. The van der Waals surface area contributed by atoms with E-state index in [2.05, 4.69) is 10.6 Å². The van der Waals surface area contributed by atoms with Crippen LogP contribution in [-0.4, -0.2) is 55.5 Å². The number of rotatable bonds is 12. The number of carbonyl (C=O) groups excluding carboxylic acids is 4. The molecule has 1 aliphatic heterocycles. The minimum atomic E-state index is -0.860. The van der Waals surface area contributed by atoms with Crippen molar-refractivity contribution in [2.24, 2.45) is 5.92 Å². The predicted octanol–water partition coefficient (Wildman–Crippen LogP) is 5.87. The summed E-state index contributed by atoms with van der Waals surface area (Å²) in [5.41, 5.74) is 3.22. The molecule has 3 N–H and O–H groups in total. The summed E-state index contributed by atoms with van der Waals surface area (Å²) < 4.78 is 26.1. The van der Waals surface area contributed by atoms with Crippen LogP contribution in [0.3, 0.4) is 0 Å². The second-order valence-electron chi connectivity index (χ2n) is 11.7. The molecule has 2 aliphatic rings. The first-order valence-electron chi connectivity index (χ1n) is 16.0. The molecule has 1 saturated heterocycles. The first kappa shape index (κ1) is 34.0. The maximum absolute atomic E-state index is 12.4. The Morgan fingerprint density at radius 2 is 1.52 bits per heavy atom. The maximum atomic E-state index is 12.4. The molecule has 0 aromatic heterocycles. The SMILES string of the molecule is N=C(NC(=O)OCc1ccccc1)c1ccc(-c2ccc(OC[C@@H]3C[C@@H](CC(=O)OCOC(=O)OC4CCCCC4)C(=O)N3)cc2)cc1. The van der Waals surface area contributed by atoms with Crippen LogP contribution in [0, 0.1) is 11.3 Å². The van der Waals surface area contributed by atoms with E-state index in [0.29, 0.717) is 17.7 Å². The number of ether oxygens (including phenoxy) is 5. The van der Waals surface area contributed by atoms with Gasteiger partial charge < -0.3 is 29.0 Å². The number of carbonyl (C=O) groups is 4. The topological polar surface area (TPSA) is 162 Å². The van der Waals surface area contributed by atoms with Crippen molar-refractivity contribution < 1.29 is 42.9 Å². The highest BCUT2D eigenvalue weighted by molar-refractivity contribution is 6.04. The van der Waals surface area contributed by atoms with E-state index >= 15 is 0 Å². The number of hydrogen-bond acceptors (Lipinski definition) is 10. The van der Waals surface area contributed by atoms with E-state index < -0.39 is 30.9 Å². The van der Waals surface area contributed by atoms with Crippen LogP contribution in [0.1, 0.15) is 56.1 Å². The molecule has 1 aliphatic carbocycles. The lowest BCUT2D eigenvalue weighted by Crippen LogP contribution is -2.31. The summed E-state index contributed by atoms with van der Waals surface area (Å²) in [5.74, 6) is -0.918. The molecule has 3 aromatic carbocycles. The Hall–Kier alpha value is -5.39. The fraction of sp³-hybridized carbons (Fsp3) is 0.361. The number of nitrogens with one attached hydrogen (secondary N) is 3. The van der Waals surface area contributed by atoms with E-state index in [4.69, 9.17) is 29.1 Å². The van der Waals surface area contributed by atoms with Crippen molar-refractivity contribution in [2.75, 3.05) is 13.4 Å². The van der Waals surface area contributed by atoms with Crippen molar-refractivity contribution in [1.29, 1.82) is 5.41 Å². The molecule has 1 saturated carbocycles. The van der Waals surface area contributed by atoms with Crippen molar-refractivity contribution in [1.82, 2.24) is 10.6 Å². The molecule has 0 unspecified atom stereocenters. The van der Waals surface area contributed by atoms with Crippen LogP contribution < -0.4 is 15.4 Å². The van der Waals surface area contributed by atoms with Gasteiger partial charge in [-0.15, -0.1) is 0 Å². The Morgan fingerprint density at radius 3 is 2.23 bits per heavy atom. The molecule has 12 nitrogen and oxygen atoms in total. The molecule has 252 valence electrons. The second kappa shape index (κ2) is 17.0. The lowest BCUT2D eigenvalue weighted by molar-refractivity contribution is -0.156. The quantitative estimate of drug-likeness (QED) is 0.0711. The molecule has 3 aromatic rings. The zero-order valence-electron chi connectivity index (χ0n) is 26.5. The Bertz CT molecular complexity index is 1560. The van der Waals surface area contributed by atoms with Crippen molar-refractivity contribution >= 4 is 30.0 Å². The van der Waals surface area contributed by atoms with Gasteiger partial charge >= 0.3 is 18.2 Å². The minimum absolute atomic E-state index is 0.0674. The number of amidine groups is 1. The predicted molar refractivity (Wildman–Crippen MR) is 174 cm³/mol. The number of amides is 2. The third-order valence-corrected chi connectivity index (χ3v) is 8.16. The van der Waals surface area contributed by atoms with Gasteiger partial charge in [-0.25, -0.2) is 9.59 Å². The summed E-state index contributed by atoms with van der Waals surface area (Å²) in [6.07, 6.45) is 3.31. The lowest BCUT2D eigenvalue weighted by atomic mass is 9.98. The minimum Gasteiger partial charge on any atom is -0.491 e. The monoisotopic (exact) mass is 657 g/mol. The van der Waals surface area contributed by atoms with Gasteiger partial charge in [0.25, 0.3) is 0 Å². The summed E-state index contributed by atoms with van der Waals surface area (Å²) in [6, 6.07) is 23.6. The Kier molecular flexibility index (Phi) is 12.0. The van der Waals surface area contributed by atoms with Crippen molar-refractivity contribution in [2.45, 2.75) is 63.7 Å². The highest BCUT2D eigenvalue weighted by Gasteiger charge is 2.34. The zero-order chi connectivity index (χ0) is 33.7. The largest absolute Gasteiger partial charge is 0.511 e. The van der Waals surface area contributed by atoms with Crippen LogP contribution in [0.15, 0.2) is 78.9 Å². The highest BCUT2D eigenvalue weighted by atomic mass is 16.8. The standard InChI is InChI=1S/C36H39N3O9/c37-33(39-35(42)45-21-24-7-3-1-4-8-24)27-13-11-25(12-14-27)26-15-17-30(18-16-26)44-22-29-19-28(34(41)38-29)20-32(40)46-23-47-36(43)48-31-9-5-2-6-10-31/h1,3-4,7-8,11-18,28-29,31H,2,5-6,9-10,19-23H2,(H,38,41)(H2,37,39,42)/t28-,29-/m0/s1. The third-order valence-electron chi connectivity index (χ3n) is 8.16. The Balaban J connectivity index is 0.994. The van der Waals surface area contributed by atoms with E-state index in [1.54, 1.807) is 12.1 Å². The molecular formula is C36H39N3O9. The fourth-order valence-electron chi connectivity index (χ4n) is 5.57. The lowest BCUT2D eigenvalue weighted by Gasteiger charge is -2.21. The van der Waals surface area contributed by atoms with Crippen LogP contribution in [0.5, 0.6) is 5.75 Å². The van der Waals surface area contributed by atoms with Gasteiger partial charge in [-0.05, 0) is 60.9 Å². The smallest absolute Gasteiger partial charge is 0.491 e. The van der Waals surface area contributed by atoms with Crippen molar-refractivity contribution in [3.63, 3.8) is 0 Å². The highest BCUT2D eigenvalue weighted by Crippen LogP contribution is 2.25. The number of esters is 1. The summed E-state index contributed by atoms with van der Waals surface area (Å²) in [7, 11) is 0. The van der Waals surface area contributed by atoms with Gasteiger partial charge in [0.05, 0.1) is 18.4 Å². The molecule has 12 heteroatoms. The summed E-state index contributed by atoms with van der Waals surface area (Å²) in [5, 5.41) is 13.5. The molecule has 48 heavy (non-hydrogen) atoms. The molecule has 2 atom stereocenters. The third kappa shape index (κ3) is 10.3. The average Bonchev–Trinajstić information content (AvgIpc) is 3.45. The molecule has 0 radical (unpaired) electrons. The summed E-state index contributed by atoms with van der Waals surface area (Å²) in [6.45, 7) is -0.217. The molecule has 5 rings (SSSR count). The molecule has 2 fully saturated rings. The molecule has 2 amide bonds. The van der Waals surface area contributed by atoms with Gasteiger partial charge in [-0.1, -0.05) is 73.2 Å². The number of benzene rings is 3. The maximum Gasteiger partial charge on any atom is 0.511 e. The zero-order valence-corrected chi connectivity index (χ0v) is 26.5. The normalized spacial score (nSPS) is 17.5. The first-order chi connectivity index (χ1) is 23.3. The van der Waals surface area contributed by atoms with E-state index in [9.17, 15) is 19.2 Å². The van der Waals surface area contributed by atoms with Crippen LogP contribution in [0.25, 0.3) is 11.1 Å². The van der Waals surface area contributed by atoms with Crippen LogP contribution in [-0.2, 0) is 35.1 Å². The Labute approximate surface area is 278 Å². The van der Waals surface area contributed by atoms with E-state index in [1.165, 1.54) is 0 Å². The van der Waals surface area contributed by atoms with Gasteiger partial charge in [-0.3, -0.25) is 20.3 Å². The number of hydrogen-bond donors (Lipinski definition) is 3. The van der Waals surface area contributed by atoms with Crippen molar-refractivity contribution in [3.8, 4) is 16.9 Å². The molecular weight excluding hydrogens is 618 g/mol. The average molecular weight is 658 g/mol. The fourth-order valence-corrected chi connectivity index (χ4v) is 5.57. The van der Waals surface area contributed by atoms with Crippen molar-refractivity contribution in [3.05, 3.63) is 90.0 Å². The first-order valence-corrected chi connectivity index (χ1v) is 16.0. The summed E-state index contributed by atoms with van der Waals surface area (Å²) >= 11 is 0. The summed E-state index contributed by atoms with van der Waals surface area (Å²) in [4.78, 5) is 48.5. The van der Waals surface area contributed by atoms with Gasteiger partial charge in [0.15, 0.2) is 0 Å². The van der Waals surface area contributed by atoms with Gasteiger partial charge in [-0.2, -0.15) is 0 Å². The van der Waals surface area contributed by atoms with Gasteiger partial charge in [0.1, 0.15) is 30.9 Å². The Morgan fingerprint density at radius 1 is 0.833 bits per heavy atom. The van der Waals surface area contributed by atoms with Gasteiger partial charge in [0, 0.05) is 5.56 Å². The second-order valence-corrected chi connectivity index (χ2v) is 11.7. The van der Waals surface area contributed by atoms with Gasteiger partial charge in [0.2, 0.25) is 12.7 Å². The van der Waals surface area contributed by atoms with Crippen LogP contribution in [0.2, 0.25) is 0 Å². The number of alkyl carbamates (subject to hydrolysis) is 1. The van der Waals surface area contributed by atoms with Crippen LogP contribution in [0.4, 0.5) is 9.59 Å². The molecule has 0 bridgehead atoms. The van der Waals surface area contributed by atoms with E-state index in [-0.39, 0.29) is 43.5 Å². The van der Waals surface area contributed by atoms with E-state index in [0.717, 1.165) is 48.8 Å².